The molecule has 0 spiro atoms. The van der Waals surface area contributed by atoms with E-state index in [0.717, 1.165) is 16.0 Å². The molecule has 1 aromatic carbocycles. The van der Waals surface area contributed by atoms with Gasteiger partial charge >= 0.3 is 0 Å². The summed E-state index contributed by atoms with van der Waals surface area (Å²) in [5.74, 6) is -0.226. The molecule has 0 atom stereocenters. The molecule has 3 heterocycles. The number of nitrogens with zero attached hydrogens (tertiary/aromatic N) is 3. The van der Waals surface area contributed by atoms with Crippen LogP contribution in [0.1, 0.15) is 26.4 Å². The molecule has 0 bridgehead atoms. The maximum Gasteiger partial charge on any atom is 0.257 e. The number of halogens is 1. The fraction of sp³-hybridized carbons (Fsp3) is 0.350. The summed E-state index contributed by atoms with van der Waals surface area (Å²) in [5.41, 5.74) is 2.40. The number of carbonyl (C=O) groups is 3. The van der Waals surface area contributed by atoms with Crippen molar-refractivity contribution in [2.75, 3.05) is 32.1 Å². The maximum atomic E-state index is 12.8. The molecule has 0 saturated carbocycles. The molecular formula is C20H20ClN3O3S. The van der Waals surface area contributed by atoms with Crippen LogP contribution in [-0.2, 0) is 29.0 Å². The molecule has 3 amide bonds. The first-order valence-electron chi connectivity index (χ1n) is 9.04. The second-order valence-electron chi connectivity index (χ2n) is 7.13. The van der Waals surface area contributed by atoms with E-state index < -0.39 is 0 Å². The number of hydrogen-bond acceptors (Lipinski definition) is 4. The van der Waals surface area contributed by atoms with Gasteiger partial charge in [0.1, 0.15) is 11.5 Å². The number of fused-ring (bicyclic) bond motifs is 3. The van der Waals surface area contributed by atoms with Crippen LogP contribution in [0.4, 0.5) is 5.00 Å². The van der Waals surface area contributed by atoms with E-state index >= 15 is 0 Å². The first kappa shape index (κ1) is 19.0. The minimum Gasteiger partial charge on any atom is -0.337 e. The Morgan fingerprint density at radius 2 is 1.93 bits per heavy atom. The summed E-state index contributed by atoms with van der Waals surface area (Å²) in [7, 11) is 3.35. The first-order chi connectivity index (χ1) is 13.4. The van der Waals surface area contributed by atoms with Crippen LogP contribution in [0.25, 0.3) is 0 Å². The Kier molecular flexibility index (Phi) is 4.89. The molecule has 4 rings (SSSR count). The van der Waals surface area contributed by atoms with E-state index in [-0.39, 0.29) is 30.7 Å². The summed E-state index contributed by atoms with van der Waals surface area (Å²) >= 11 is 7.62. The molecule has 8 heteroatoms. The molecule has 2 aliphatic heterocycles. The Hall–Kier alpha value is -2.38. The molecule has 2 aromatic rings. The summed E-state index contributed by atoms with van der Waals surface area (Å²) in [6.45, 7) is 1.08. The van der Waals surface area contributed by atoms with E-state index in [4.69, 9.17) is 11.6 Å². The van der Waals surface area contributed by atoms with Gasteiger partial charge in [-0.2, -0.15) is 0 Å². The zero-order chi connectivity index (χ0) is 20.0. The molecule has 6 nitrogen and oxygen atoms in total. The van der Waals surface area contributed by atoms with Crippen molar-refractivity contribution in [3.05, 3.63) is 50.9 Å². The predicted octanol–water partition coefficient (Wildman–Crippen LogP) is 2.58. The second kappa shape index (κ2) is 7.22. The minimum atomic E-state index is -0.124. The van der Waals surface area contributed by atoms with Crippen LogP contribution >= 0.6 is 22.9 Å². The molecule has 0 saturated heterocycles. The third-order valence-electron chi connectivity index (χ3n) is 5.30. The molecule has 2 aliphatic rings. The molecule has 28 heavy (non-hydrogen) atoms. The van der Waals surface area contributed by atoms with Crippen molar-refractivity contribution < 1.29 is 14.4 Å². The average molecular weight is 418 g/mol. The molecule has 0 aliphatic carbocycles. The molecule has 0 radical (unpaired) electrons. The number of rotatable bonds is 2. The second-order valence-corrected chi connectivity index (χ2v) is 8.62. The van der Waals surface area contributed by atoms with Gasteiger partial charge in [-0.3, -0.25) is 14.4 Å². The first-order valence-corrected chi connectivity index (χ1v) is 10.2. The Morgan fingerprint density at radius 1 is 1.18 bits per heavy atom. The van der Waals surface area contributed by atoms with Crippen molar-refractivity contribution in [1.29, 1.82) is 0 Å². The summed E-state index contributed by atoms with van der Waals surface area (Å²) < 4.78 is 0. The molecule has 0 N–H and O–H groups in total. The summed E-state index contributed by atoms with van der Waals surface area (Å²) in [6, 6.07) is 7.35. The van der Waals surface area contributed by atoms with Gasteiger partial charge in [0.05, 0.1) is 18.5 Å². The quantitative estimate of drug-likeness (QED) is 0.754. The third kappa shape index (κ3) is 3.18. The van der Waals surface area contributed by atoms with Gasteiger partial charge < -0.3 is 14.7 Å². The minimum absolute atomic E-state index is 0.00946. The van der Waals surface area contributed by atoms with Crippen LogP contribution in [0.5, 0.6) is 0 Å². The van der Waals surface area contributed by atoms with E-state index in [9.17, 15) is 14.4 Å². The zero-order valence-corrected chi connectivity index (χ0v) is 17.3. The van der Waals surface area contributed by atoms with Gasteiger partial charge in [0.2, 0.25) is 11.8 Å². The van der Waals surface area contributed by atoms with Crippen molar-refractivity contribution in [3.63, 3.8) is 0 Å². The largest absolute Gasteiger partial charge is 0.337 e. The molecule has 146 valence electrons. The maximum absolute atomic E-state index is 12.8. The fourth-order valence-electron chi connectivity index (χ4n) is 3.66. The van der Waals surface area contributed by atoms with Gasteiger partial charge in [0, 0.05) is 30.5 Å². The van der Waals surface area contributed by atoms with Crippen LogP contribution in [0.15, 0.2) is 24.3 Å². The lowest BCUT2D eigenvalue weighted by atomic mass is 10.0. The van der Waals surface area contributed by atoms with Crippen LogP contribution in [0.2, 0.25) is 5.02 Å². The monoisotopic (exact) mass is 417 g/mol. The fourth-order valence-corrected chi connectivity index (χ4v) is 5.20. The molecular weight excluding hydrogens is 398 g/mol. The predicted molar refractivity (Wildman–Crippen MR) is 109 cm³/mol. The van der Waals surface area contributed by atoms with Gasteiger partial charge in [-0.25, -0.2) is 0 Å². The van der Waals surface area contributed by atoms with Crippen LogP contribution < -0.4 is 4.90 Å². The van der Waals surface area contributed by atoms with Gasteiger partial charge in [-0.15, -0.1) is 11.3 Å². The summed E-state index contributed by atoms with van der Waals surface area (Å²) in [4.78, 5) is 43.7. The van der Waals surface area contributed by atoms with E-state index in [1.165, 1.54) is 16.2 Å². The standard InChI is InChI=1S/C20H20ClN3O3S/c1-22-11-17(26)23(2)20-18(19(22)27)13-7-8-24(10-15(13)28-20)16(25)9-12-5-3-4-6-14(12)21/h3-6H,7-11H2,1-2H3. The lowest BCUT2D eigenvalue weighted by Gasteiger charge is -2.28. The van der Waals surface area contributed by atoms with E-state index in [1.807, 2.05) is 18.2 Å². The molecule has 0 unspecified atom stereocenters. The van der Waals surface area contributed by atoms with Crippen molar-refractivity contribution in [1.82, 2.24) is 9.80 Å². The number of anilines is 1. The van der Waals surface area contributed by atoms with E-state index in [2.05, 4.69) is 0 Å². The van der Waals surface area contributed by atoms with Gasteiger partial charge in [0.15, 0.2) is 0 Å². The summed E-state index contributed by atoms with van der Waals surface area (Å²) in [6.07, 6.45) is 0.858. The van der Waals surface area contributed by atoms with Crippen LogP contribution in [0.3, 0.4) is 0 Å². The van der Waals surface area contributed by atoms with Crippen molar-refractivity contribution in [2.45, 2.75) is 19.4 Å². The van der Waals surface area contributed by atoms with Gasteiger partial charge in [-0.1, -0.05) is 29.8 Å². The third-order valence-corrected chi connectivity index (χ3v) is 6.96. The average Bonchev–Trinajstić information content (AvgIpc) is 3.03. The number of carbonyl (C=O) groups excluding carboxylic acids is 3. The summed E-state index contributed by atoms with van der Waals surface area (Å²) in [5, 5.41) is 1.27. The smallest absolute Gasteiger partial charge is 0.257 e. The Balaban J connectivity index is 1.60. The van der Waals surface area contributed by atoms with Gasteiger partial charge in [-0.05, 0) is 23.6 Å². The van der Waals surface area contributed by atoms with Crippen molar-refractivity contribution in [3.8, 4) is 0 Å². The van der Waals surface area contributed by atoms with Gasteiger partial charge in [0.25, 0.3) is 5.91 Å². The highest BCUT2D eigenvalue weighted by atomic mass is 35.5. The van der Waals surface area contributed by atoms with Crippen molar-refractivity contribution >= 4 is 45.7 Å². The highest BCUT2D eigenvalue weighted by molar-refractivity contribution is 7.17. The number of benzene rings is 1. The Labute approximate surface area is 172 Å². The lowest BCUT2D eigenvalue weighted by molar-refractivity contribution is -0.131. The van der Waals surface area contributed by atoms with Crippen molar-refractivity contribution in [2.24, 2.45) is 0 Å². The lowest BCUT2D eigenvalue weighted by Crippen LogP contribution is -2.37. The highest BCUT2D eigenvalue weighted by Crippen LogP contribution is 2.40. The SMILES string of the molecule is CN1CC(=O)N(C)c2sc3c(c2C1=O)CCN(C(=O)Cc1ccccc1Cl)C3. The molecule has 1 aromatic heterocycles. The number of likely N-dealkylation sites (N-methyl/N-ethyl adjacent to an activating group) is 2. The van der Waals surface area contributed by atoms with E-state index in [1.54, 1.807) is 30.0 Å². The number of thiophene rings is 1. The Bertz CT molecular complexity index is 987. The Morgan fingerprint density at radius 3 is 2.68 bits per heavy atom. The number of hydrogen-bond donors (Lipinski definition) is 0. The topological polar surface area (TPSA) is 60.9 Å². The molecule has 0 fully saturated rings. The highest BCUT2D eigenvalue weighted by Gasteiger charge is 2.36. The van der Waals surface area contributed by atoms with Crippen LogP contribution in [0, 0.1) is 0 Å². The van der Waals surface area contributed by atoms with E-state index in [0.29, 0.717) is 35.1 Å². The normalized spacial score (nSPS) is 16.8. The van der Waals surface area contributed by atoms with Crippen LogP contribution in [-0.4, -0.2) is 54.7 Å². The zero-order valence-electron chi connectivity index (χ0n) is 15.7. The number of amides is 3.